The Bertz CT molecular complexity index is 1090. The van der Waals surface area contributed by atoms with Crippen LogP contribution in [0.15, 0.2) is 48.7 Å². The molecule has 0 spiro atoms. The van der Waals surface area contributed by atoms with Crippen molar-refractivity contribution in [3.63, 3.8) is 0 Å². The van der Waals surface area contributed by atoms with Gasteiger partial charge >= 0.3 is 0 Å². The summed E-state index contributed by atoms with van der Waals surface area (Å²) in [5.74, 6) is 2.19. The first-order valence-corrected chi connectivity index (χ1v) is 10.5. The second kappa shape index (κ2) is 8.99. The van der Waals surface area contributed by atoms with E-state index in [0.29, 0.717) is 28.9 Å². The quantitative estimate of drug-likeness (QED) is 0.666. The monoisotopic (exact) mass is 417 g/mol. The molecule has 1 aliphatic heterocycles. The summed E-state index contributed by atoms with van der Waals surface area (Å²) in [7, 11) is 0. The summed E-state index contributed by atoms with van der Waals surface area (Å²) in [5, 5.41) is 18.6. The number of nitrogens with two attached hydrogens (primary N) is 1. The van der Waals surface area contributed by atoms with Crippen molar-refractivity contribution in [3.05, 3.63) is 54.5 Å². The molecule has 160 valence electrons. The Morgan fingerprint density at radius 3 is 2.77 bits per heavy atom. The highest BCUT2D eigenvalue weighted by atomic mass is 16.3. The highest BCUT2D eigenvalue weighted by Crippen LogP contribution is 2.32. The number of rotatable bonds is 4. The van der Waals surface area contributed by atoms with Gasteiger partial charge in [0.1, 0.15) is 11.6 Å². The molecule has 1 unspecified atom stereocenters. The lowest BCUT2D eigenvalue weighted by molar-refractivity contribution is 0.477. The Morgan fingerprint density at radius 2 is 1.97 bits per heavy atom. The molecule has 31 heavy (non-hydrogen) atoms. The first-order chi connectivity index (χ1) is 15.1. The number of anilines is 3. The number of phenolic OH excluding ortho intramolecular Hbond substituents is 1. The lowest BCUT2D eigenvalue weighted by atomic mass is 10.1. The average Bonchev–Trinajstić information content (AvgIpc) is 2.97. The minimum absolute atomic E-state index is 0.170. The molecular formula is C23H27N7O. The predicted octanol–water partition coefficient (Wildman–Crippen LogP) is 3.36. The zero-order chi connectivity index (χ0) is 21.8. The Kier molecular flexibility index (Phi) is 5.97. The van der Waals surface area contributed by atoms with Crippen LogP contribution in [0.25, 0.3) is 17.3 Å². The molecular weight excluding hydrogens is 390 g/mol. The fourth-order valence-electron chi connectivity index (χ4n) is 3.86. The van der Waals surface area contributed by atoms with Crippen LogP contribution in [0.4, 0.5) is 17.3 Å². The third-order valence-electron chi connectivity index (χ3n) is 5.55. The van der Waals surface area contributed by atoms with E-state index in [-0.39, 0.29) is 5.75 Å². The summed E-state index contributed by atoms with van der Waals surface area (Å²) in [6, 6.07) is 11.3. The first kappa shape index (κ1) is 20.6. The highest BCUT2D eigenvalue weighted by Gasteiger charge is 2.24. The van der Waals surface area contributed by atoms with Crippen molar-refractivity contribution < 1.29 is 5.11 Å². The van der Waals surface area contributed by atoms with Crippen LogP contribution in [0.2, 0.25) is 0 Å². The number of hydrogen-bond acceptors (Lipinski definition) is 8. The number of nitrogen functional groups attached to an aromatic ring is 1. The summed E-state index contributed by atoms with van der Waals surface area (Å²) >= 11 is 0. The van der Waals surface area contributed by atoms with E-state index in [0.717, 1.165) is 37.6 Å². The topological polar surface area (TPSA) is 104 Å². The summed E-state index contributed by atoms with van der Waals surface area (Å²) in [6.07, 6.45) is 6.59. The molecule has 4 rings (SSSR count). The van der Waals surface area contributed by atoms with E-state index in [1.54, 1.807) is 18.3 Å². The van der Waals surface area contributed by atoms with Crippen LogP contribution in [0.5, 0.6) is 5.75 Å². The van der Waals surface area contributed by atoms with E-state index in [2.05, 4.69) is 31.9 Å². The van der Waals surface area contributed by atoms with Gasteiger partial charge in [-0.2, -0.15) is 0 Å². The molecule has 0 amide bonds. The molecule has 1 aromatic carbocycles. The van der Waals surface area contributed by atoms with E-state index in [1.165, 1.54) is 0 Å². The largest absolute Gasteiger partial charge is 0.507 e. The van der Waals surface area contributed by atoms with Crippen molar-refractivity contribution in [1.29, 1.82) is 0 Å². The lowest BCUT2D eigenvalue weighted by Gasteiger charge is -2.28. The van der Waals surface area contributed by atoms with E-state index in [4.69, 9.17) is 10.7 Å². The number of phenols is 1. The molecule has 3 heterocycles. The van der Waals surface area contributed by atoms with Gasteiger partial charge in [0.05, 0.1) is 11.4 Å². The highest BCUT2D eigenvalue weighted by molar-refractivity contribution is 5.74. The van der Waals surface area contributed by atoms with Crippen LogP contribution in [-0.4, -0.2) is 50.9 Å². The molecule has 1 atom stereocenters. The Hall–Kier alpha value is -3.68. The fourth-order valence-corrected chi connectivity index (χ4v) is 3.86. The van der Waals surface area contributed by atoms with E-state index >= 15 is 0 Å². The molecule has 8 nitrogen and oxygen atoms in total. The number of aromatic nitrogens is 4. The van der Waals surface area contributed by atoms with Crippen LogP contribution < -0.4 is 15.5 Å². The number of benzene rings is 1. The van der Waals surface area contributed by atoms with Gasteiger partial charge in [0.25, 0.3) is 0 Å². The average molecular weight is 418 g/mol. The van der Waals surface area contributed by atoms with E-state index < -0.39 is 0 Å². The maximum absolute atomic E-state index is 10.2. The molecule has 2 aromatic heterocycles. The van der Waals surface area contributed by atoms with Crippen LogP contribution in [-0.2, 0) is 0 Å². The zero-order valence-corrected chi connectivity index (χ0v) is 17.8. The minimum atomic E-state index is 0.170. The number of aromatic hydroxyl groups is 1. The zero-order valence-electron chi connectivity index (χ0n) is 17.8. The summed E-state index contributed by atoms with van der Waals surface area (Å²) in [6.45, 7) is 6.56. The number of allylic oxidation sites excluding steroid dienone is 1. The maximum atomic E-state index is 10.2. The van der Waals surface area contributed by atoms with Crippen molar-refractivity contribution in [3.8, 4) is 17.0 Å². The number of nitrogens with zero attached hydrogens (tertiary/aromatic N) is 6. The van der Waals surface area contributed by atoms with Crippen molar-refractivity contribution >= 4 is 23.4 Å². The summed E-state index contributed by atoms with van der Waals surface area (Å²) in [4.78, 5) is 13.5. The Balaban J connectivity index is 1.59. The smallest absolute Gasteiger partial charge is 0.169 e. The maximum Gasteiger partial charge on any atom is 0.169 e. The SMILES string of the molecule is C/C=C/c1nccc(N2CCN(c3cc(-c4ccccc4O)nnc3N)CCC2C)n1. The van der Waals surface area contributed by atoms with Gasteiger partial charge in [-0.3, -0.25) is 0 Å². The second-order valence-electron chi connectivity index (χ2n) is 7.61. The normalized spacial score (nSPS) is 17.2. The molecule has 0 saturated carbocycles. The molecule has 1 aliphatic rings. The van der Waals surface area contributed by atoms with Gasteiger partial charge in [-0.1, -0.05) is 18.2 Å². The van der Waals surface area contributed by atoms with Crippen molar-refractivity contribution in [2.75, 3.05) is 35.2 Å². The standard InChI is InChI=1S/C23H27N7O/c1-3-6-21-25-11-9-22(26-21)30-14-13-29(12-10-16(30)2)19-15-18(27-28-23(19)24)17-7-4-5-8-20(17)31/h3-9,11,15-16,31H,10,12-14H2,1-2H3,(H2,24,28)/b6-3+. The molecule has 8 heteroatoms. The van der Waals surface area contributed by atoms with E-state index in [1.807, 2.05) is 43.3 Å². The minimum Gasteiger partial charge on any atom is -0.507 e. The van der Waals surface area contributed by atoms with Crippen LogP contribution >= 0.6 is 0 Å². The van der Waals surface area contributed by atoms with Gasteiger partial charge in [-0.05, 0) is 50.6 Å². The van der Waals surface area contributed by atoms with Crippen molar-refractivity contribution in [2.24, 2.45) is 0 Å². The fraction of sp³-hybridized carbons (Fsp3) is 0.304. The first-order valence-electron chi connectivity index (χ1n) is 10.5. The third-order valence-corrected chi connectivity index (χ3v) is 5.55. The van der Waals surface area contributed by atoms with Gasteiger partial charge in [-0.25, -0.2) is 9.97 Å². The van der Waals surface area contributed by atoms with Crippen LogP contribution in [0.3, 0.4) is 0 Å². The van der Waals surface area contributed by atoms with Crippen molar-refractivity contribution in [1.82, 2.24) is 20.2 Å². The second-order valence-corrected chi connectivity index (χ2v) is 7.61. The van der Waals surface area contributed by atoms with Crippen molar-refractivity contribution in [2.45, 2.75) is 26.3 Å². The molecule has 3 aromatic rings. The number of para-hydroxylation sites is 1. The molecule has 0 bridgehead atoms. The Morgan fingerprint density at radius 1 is 1.13 bits per heavy atom. The molecule has 1 saturated heterocycles. The lowest BCUT2D eigenvalue weighted by Crippen LogP contribution is -2.35. The predicted molar refractivity (Wildman–Crippen MR) is 124 cm³/mol. The molecule has 0 radical (unpaired) electrons. The van der Waals surface area contributed by atoms with Gasteiger partial charge in [-0.15, -0.1) is 10.2 Å². The van der Waals surface area contributed by atoms with E-state index in [9.17, 15) is 5.11 Å². The van der Waals surface area contributed by atoms with Gasteiger partial charge in [0, 0.05) is 37.4 Å². The van der Waals surface area contributed by atoms with Gasteiger partial charge < -0.3 is 20.6 Å². The van der Waals surface area contributed by atoms with Crippen LogP contribution in [0.1, 0.15) is 26.1 Å². The van der Waals surface area contributed by atoms with Gasteiger partial charge in [0.15, 0.2) is 11.6 Å². The molecule has 3 N–H and O–H groups in total. The number of hydrogen-bond donors (Lipinski definition) is 2. The van der Waals surface area contributed by atoms with Crippen LogP contribution in [0, 0.1) is 0 Å². The third kappa shape index (κ3) is 4.42. The molecule has 1 fully saturated rings. The molecule has 0 aliphatic carbocycles. The summed E-state index contributed by atoms with van der Waals surface area (Å²) in [5.41, 5.74) is 8.27. The Labute approximate surface area is 182 Å². The summed E-state index contributed by atoms with van der Waals surface area (Å²) < 4.78 is 0. The van der Waals surface area contributed by atoms with Gasteiger partial charge in [0.2, 0.25) is 0 Å².